The van der Waals surface area contributed by atoms with E-state index in [1.807, 2.05) is 6.20 Å². The highest BCUT2D eigenvalue weighted by Crippen LogP contribution is 2.36. The molecule has 0 bridgehead atoms. The summed E-state index contributed by atoms with van der Waals surface area (Å²) in [6.07, 6.45) is 5.69. The number of nitrogens with zero attached hydrogens (tertiary/aromatic N) is 1. The van der Waals surface area contributed by atoms with Crippen LogP contribution in [-0.2, 0) is 9.31 Å². The van der Waals surface area contributed by atoms with Gasteiger partial charge in [-0.3, -0.25) is 0 Å². The summed E-state index contributed by atoms with van der Waals surface area (Å²) in [7, 11) is -0.334. The van der Waals surface area contributed by atoms with Crippen molar-refractivity contribution in [3.8, 4) is 0 Å². The van der Waals surface area contributed by atoms with Gasteiger partial charge in [-0.2, -0.15) is 0 Å². The minimum atomic E-state index is -0.334. The lowest BCUT2D eigenvalue weighted by Gasteiger charge is -2.32. The van der Waals surface area contributed by atoms with Gasteiger partial charge in [-0.15, -0.1) is 0 Å². The predicted molar refractivity (Wildman–Crippen MR) is 86.0 cm³/mol. The van der Waals surface area contributed by atoms with Crippen LogP contribution in [-0.4, -0.2) is 29.3 Å². The van der Waals surface area contributed by atoms with Crippen LogP contribution in [0.1, 0.15) is 52.5 Å². The molecule has 0 spiro atoms. The summed E-state index contributed by atoms with van der Waals surface area (Å²) >= 11 is 0. The monoisotopic (exact) mass is 288 g/mol. The number of pyridine rings is 1. The van der Waals surface area contributed by atoms with E-state index in [1.54, 1.807) is 0 Å². The SMILES string of the molecule is Cc1cc(B2OC(C)(C)C(C)(C)O2)cnc1NC1CCC1. The van der Waals surface area contributed by atoms with E-state index in [1.165, 1.54) is 19.3 Å². The van der Waals surface area contributed by atoms with E-state index in [0.29, 0.717) is 6.04 Å². The topological polar surface area (TPSA) is 43.4 Å². The van der Waals surface area contributed by atoms with E-state index < -0.39 is 0 Å². The fraction of sp³-hybridized carbons (Fsp3) is 0.688. The highest BCUT2D eigenvalue weighted by Gasteiger charge is 2.51. The lowest BCUT2D eigenvalue weighted by Crippen LogP contribution is -2.41. The third-order valence-electron chi connectivity index (χ3n) is 5.07. The first-order valence-corrected chi connectivity index (χ1v) is 7.87. The molecule has 1 saturated carbocycles. The van der Waals surface area contributed by atoms with Gasteiger partial charge in [0.25, 0.3) is 0 Å². The molecule has 0 atom stereocenters. The number of rotatable bonds is 3. The second-order valence-corrected chi connectivity index (χ2v) is 7.29. The van der Waals surface area contributed by atoms with Gasteiger partial charge in [-0.05, 0) is 59.4 Å². The molecule has 21 heavy (non-hydrogen) atoms. The normalized spacial score (nSPS) is 24.0. The molecule has 1 aromatic heterocycles. The van der Waals surface area contributed by atoms with Crippen molar-refractivity contribution in [1.29, 1.82) is 0 Å². The van der Waals surface area contributed by atoms with Crippen molar-refractivity contribution in [2.45, 2.75) is 71.1 Å². The zero-order valence-electron chi connectivity index (χ0n) is 13.7. The van der Waals surface area contributed by atoms with Gasteiger partial charge in [0.05, 0.1) is 11.2 Å². The Bertz CT molecular complexity index is 525. The van der Waals surface area contributed by atoms with Crippen molar-refractivity contribution in [3.63, 3.8) is 0 Å². The number of aryl methyl sites for hydroxylation is 1. The van der Waals surface area contributed by atoms with Crippen LogP contribution in [0.3, 0.4) is 0 Å². The fourth-order valence-electron chi connectivity index (χ4n) is 2.60. The molecule has 1 aliphatic heterocycles. The molecular formula is C16H25BN2O2. The second-order valence-electron chi connectivity index (χ2n) is 7.29. The van der Waals surface area contributed by atoms with E-state index in [-0.39, 0.29) is 18.3 Å². The molecule has 0 unspecified atom stereocenters. The van der Waals surface area contributed by atoms with Crippen molar-refractivity contribution >= 4 is 18.4 Å². The smallest absolute Gasteiger partial charge is 0.399 e. The first-order valence-electron chi connectivity index (χ1n) is 7.87. The molecule has 114 valence electrons. The largest absolute Gasteiger partial charge is 0.496 e. The third-order valence-corrected chi connectivity index (χ3v) is 5.07. The maximum Gasteiger partial charge on any atom is 0.496 e. The number of hydrogen-bond acceptors (Lipinski definition) is 4. The average Bonchev–Trinajstić information content (AvgIpc) is 2.54. The number of nitrogens with one attached hydrogen (secondary N) is 1. The Kier molecular flexibility index (Phi) is 3.53. The lowest BCUT2D eigenvalue weighted by atomic mass is 9.79. The maximum atomic E-state index is 6.08. The minimum absolute atomic E-state index is 0.311. The quantitative estimate of drug-likeness (QED) is 0.868. The standard InChI is InChI=1S/C16H25BN2O2/c1-11-9-12(10-18-14(11)19-13-7-6-8-13)17-20-15(2,3)16(4,5)21-17/h9-10,13H,6-8H2,1-5H3,(H,18,19). The molecule has 5 heteroatoms. The molecule has 1 aliphatic carbocycles. The van der Waals surface area contributed by atoms with Crippen LogP contribution in [0.15, 0.2) is 12.3 Å². The van der Waals surface area contributed by atoms with Gasteiger partial charge in [-0.25, -0.2) is 4.98 Å². The Morgan fingerprint density at radius 2 is 1.81 bits per heavy atom. The van der Waals surface area contributed by atoms with E-state index in [9.17, 15) is 0 Å². The summed E-state index contributed by atoms with van der Waals surface area (Å²) < 4.78 is 12.2. The van der Waals surface area contributed by atoms with E-state index in [2.05, 4.69) is 51.0 Å². The molecule has 3 rings (SSSR count). The maximum absolute atomic E-state index is 6.08. The van der Waals surface area contributed by atoms with Crippen LogP contribution in [0.5, 0.6) is 0 Å². The average molecular weight is 288 g/mol. The number of hydrogen-bond donors (Lipinski definition) is 1. The molecular weight excluding hydrogens is 263 g/mol. The Labute approximate surface area is 127 Å². The highest BCUT2D eigenvalue weighted by atomic mass is 16.7. The lowest BCUT2D eigenvalue weighted by molar-refractivity contribution is 0.00578. The first kappa shape index (κ1) is 14.9. The Morgan fingerprint density at radius 3 is 2.29 bits per heavy atom. The third kappa shape index (κ3) is 2.69. The molecule has 0 radical (unpaired) electrons. The fourth-order valence-corrected chi connectivity index (χ4v) is 2.60. The van der Waals surface area contributed by atoms with Gasteiger partial charge in [0.1, 0.15) is 5.82 Å². The second kappa shape index (κ2) is 4.99. The Hall–Kier alpha value is -1.07. The summed E-state index contributed by atoms with van der Waals surface area (Å²) in [5, 5.41) is 3.50. The predicted octanol–water partition coefficient (Wildman–Crippen LogP) is 2.65. The molecule has 0 amide bonds. The molecule has 1 aromatic rings. The number of aromatic nitrogens is 1. The summed E-state index contributed by atoms with van der Waals surface area (Å²) in [5.74, 6) is 0.986. The van der Waals surface area contributed by atoms with Gasteiger partial charge in [0.15, 0.2) is 0 Å². The van der Waals surface area contributed by atoms with Crippen LogP contribution in [0, 0.1) is 6.92 Å². The van der Waals surface area contributed by atoms with Crippen molar-refractivity contribution in [2.24, 2.45) is 0 Å². The Morgan fingerprint density at radius 1 is 1.19 bits per heavy atom. The van der Waals surface area contributed by atoms with Crippen molar-refractivity contribution < 1.29 is 9.31 Å². The summed E-state index contributed by atoms with van der Waals surface area (Å²) in [4.78, 5) is 4.57. The molecule has 4 nitrogen and oxygen atoms in total. The summed E-state index contributed by atoms with van der Waals surface area (Å²) in [6, 6.07) is 2.72. The van der Waals surface area contributed by atoms with Gasteiger partial charge in [0.2, 0.25) is 0 Å². The molecule has 2 heterocycles. The zero-order chi connectivity index (χ0) is 15.3. The van der Waals surface area contributed by atoms with Crippen LogP contribution in [0.4, 0.5) is 5.82 Å². The van der Waals surface area contributed by atoms with Gasteiger partial charge < -0.3 is 14.6 Å². The minimum Gasteiger partial charge on any atom is -0.399 e. The van der Waals surface area contributed by atoms with E-state index >= 15 is 0 Å². The van der Waals surface area contributed by atoms with Crippen LogP contribution in [0.25, 0.3) is 0 Å². The van der Waals surface area contributed by atoms with Gasteiger partial charge in [-0.1, -0.05) is 6.07 Å². The zero-order valence-corrected chi connectivity index (χ0v) is 13.7. The van der Waals surface area contributed by atoms with Gasteiger partial charge >= 0.3 is 7.12 Å². The van der Waals surface area contributed by atoms with Crippen molar-refractivity contribution in [1.82, 2.24) is 4.98 Å². The molecule has 1 N–H and O–H groups in total. The van der Waals surface area contributed by atoms with Gasteiger partial charge in [0, 0.05) is 17.7 Å². The van der Waals surface area contributed by atoms with E-state index in [4.69, 9.17) is 9.31 Å². The van der Waals surface area contributed by atoms with Crippen LogP contribution in [0.2, 0.25) is 0 Å². The first-order chi connectivity index (χ1) is 9.78. The summed E-state index contributed by atoms with van der Waals surface area (Å²) in [5.41, 5.74) is 1.52. The van der Waals surface area contributed by atoms with Crippen molar-refractivity contribution in [2.75, 3.05) is 5.32 Å². The van der Waals surface area contributed by atoms with Crippen LogP contribution >= 0.6 is 0 Å². The van der Waals surface area contributed by atoms with Crippen molar-refractivity contribution in [3.05, 3.63) is 17.8 Å². The Balaban J connectivity index is 1.76. The molecule has 2 fully saturated rings. The number of anilines is 1. The molecule has 0 aromatic carbocycles. The van der Waals surface area contributed by atoms with Crippen LogP contribution < -0.4 is 10.8 Å². The molecule has 2 aliphatic rings. The summed E-state index contributed by atoms with van der Waals surface area (Å²) in [6.45, 7) is 10.4. The molecule has 1 saturated heterocycles. The van der Waals surface area contributed by atoms with E-state index in [0.717, 1.165) is 16.8 Å². The highest BCUT2D eigenvalue weighted by molar-refractivity contribution is 6.62.